The average Bonchev–Trinajstić information content (AvgIpc) is 2.36. The third-order valence-corrected chi connectivity index (χ3v) is 3.01. The highest BCUT2D eigenvalue weighted by Crippen LogP contribution is 2.27. The van der Waals surface area contributed by atoms with Gasteiger partial charge in [-0.3, -0.25) is 0 Å². The van der Waals surface area contributed by atoms with Gasteiger partial charge >= 0.3 is 0 Å². The van der Waals surface area contributed by atoms with E-state index in [0.717, 1.165) is 16.9 Å². The monoisotopic (exact) mass is 259 g/mol. The molecule has 0 unspecified atom stereocenters. The fourth-order valence-electron chi connectivity index (χ4n) is 1.70. The number of hydrogen-bond donors (Lipinski definition) is 1. The Morgan fingerprint density at radius 3 is 2.67 bits per heavy atom. The van der Waals surface area contributed by atoms with E-state index in [4.69, 9.17) is 11.6 Å². The number of benzene rings is 1. The number of para-hydroxylation sites is 1. The van der Waals surface area contributed by atoms with E-state index < -0.39 is 0 Å². The summed E-state index contributed by atoms with van der Waals surface area (Å²) in [6.07, 6.45) is 1.79. The lowest BCUT2D eigenvalue weighted by Gasteiger charge is -2.11. The Morgan fingerprint density at radius 1 is 1.22 bits per heavy atom. The molecule has 1 N–H and O–H groups in total. The van der Waals surface area contributed by atoms with Crippen LogP contribution < -0.4 is 5.32 Å². The summed E-state index contributed by atoms with van der Waals surface area (Å²) in [7, 11) is 0. The van der Waals surface area contributed by atoms with Crippen molar-refractivity contribution in [2.24, 2.45) is 0 Å². The van der Waals surface area contributed by atoms with Crippen molar-refractivity contribution in [3.63, 3.8) is 0 Å². The van der Waals surface area contributed by atoms with E-state index in [2.05, 4.69) is 21.9 Å². The van der Waals surface area contributed by atoms with Gasteiger partial charge in [-0.1, -0.05) is 42.5 Å². The molecule has 4 heteroatoms. The Labute approximate surface area is 112 Å². The number of anilines is 2. The third kappa shape index (κ3) is 2.51. The quantitative estimate of drug-likeness (QED) is 0.900. The van der Waals surface area contributed by atoms with Crippen LogP contribution in [0.3, 0.4) is 0 Å². The summed E-state index contributed by atoms with van der Waals surface area (Å²) in [5.74, 6) is 1.31. The number of hydrogen-bond acceptors (Lipinski definition) is 3. The molecule has 1 aromatic heterocycles. The van der Waals surface area contributed by atoms with Crippen molar-refractivity contribution in [3.05, 3.63) is 52.9 Å². The van der Waals surface area contributed by atoms with Crippen molar-refractivity contribution in [1.29, 1.82) is 0 Å². The highest BCUT2D eigenvalue weighted by atomic mass is 35.5. The topological polar surface area (TPSA) is 37.8 Å². The van der Waals surface area contributed by atoms with Gasteiger partial charge in [-0.2, -0.15) is 0 Å². The SMILES string of the molecule is C=Cc1ccccc1Nc1nc(C)nc(C)c1Cl. The maximum Gasteiger partial charge on any atom is 0.153 e. The maximum absolute atomic E-state index is 6.20. The molecule has 3 nitrogen and oxygen atoms in total. The largest absolute Gasteiger partial charge is 0.338 e. The molecule has 18 heavy (non-hydrogen) atoms. The van der Waals surface area contributed by atoms with Gasteiger partial charge in [0.25, 0.3) is 0 Å². The molecule has 0 spiro atoms. The first-order valence-corrected chi connectivity index (χ1v) is 5.99. The van der Waals surface area contributed by atoms with Crippen molar-refractivity contribution in [3.8, 4) is 0 Å². The zero-order valence-electron chi connectivity index (χ0n) is 10.4. The molecule has 1 heterocycles. The van der Waals surface area contributed by atoms with Gasteiger partial charge < -0.3 is 5.32 Å². The van der Waals surface area contributed by atoms with Crippen molar-refractivity contribution in [2.45, 2.75) is 13.8 Å². The molecule has 0 aliphatic rings. The van der Waals surface area contributed by atoms with Gasteiger partial charge in [-0.25, -0.2) is 9.97 Å². The molecule has 0 bridgehead atoms. The standard InChI is InChI=1S/C14H14ClN3/c1-4-11-7-5-6-8-12(11)18-14-13(15)9(2)16-10(3)17-14/h4-8H,1H2,2-3H3,(H,16,17,18). The summed E-state index contributed by atoms with van der Waals surface area (Å²) in [5, 5.41) is 3.76. The molecule has 1 aromatic carbocycles. The van der Waals surface area contributed by atoms with Crippen molar-refractivity contribution < 1.29 is 0 Å². The van der Waals surface area contributed by atoms with Crippen LogP contribution in [0.1, 0.15) is 17.1 Å². The number of nitrogens with one attached hydrogen (secondary N) is 1. The highest BCUT2D eigenvalue weighted by molar-refractivity contribution is 6.33. The van der Waals surface area contributed by atoms with E-state index in [1.807, 2.05) is 38.1 Å². The van der Waals surface area contributed by atoms with Crippen molar-refractivity contribution in [2.75, 3.05) is 5.32 Å². The van der Waals surface area contributed by atoms with Crippen LogP contribution >= 0.6 is 11.6 Å². The van der Waals surface area contributed by atoms with Crippen LogP contribution in [-0.2, 0) is 0 Å². The van der Waals surface area contributed by atoms with E-state index in [1.54, 1.807) is 6.08 Å². The Balaban J connectivity index is 2.43. The lowest BCUT2D eigenvalue weighted by atomic mass is 10.2. The highest BCUT2D eigenvalue weighted by Gasteiger charge is 2.09. The molecule has 92 valence electrons. The number of nitrogens with zero attached hydrogens (tertiary/aromatic N) is 2. The molecular weight excluding hydrogens is 246 g/mol. The van der Waals surface area contributed by atoms with E-state index in [0.29, 0.717) is 16.7 Å². The molecule has 0 atom stereocenters. The van der Waals surface area contributed by atoms with E-state index in [1.165, 1.54) is 0 Å². The summed E-state index contributed by atoms with van der Waals surface area (Å²) in [6.45, 7) is 7.49. The van der Waals surface area contributed by atoms with Crippen molar-refractivity contribution in [1.82, 2.24) is 9.97 Å². The summed E-state index contributed by atoms with van der Waals surface area (Å²) < 4.78 is 0. The molecule has 0 aliphatic heterocycles. The summed E-state index contributed by atoms with van der Waals surface area (Å²) in [6, 6.07) is 7.84. The Kier molecular flexibility index (Phi) is 3.63. The minimum Gasteiger partial charge on any atom is -0.338 e. The smallest absolute Gasteiger partial charge is 0.153 e. The normalized spacial score (nSPS) is 10.2. The lowest BCUT2D eigenvalue weighted by molar-refractivity contribution is 1.02. The predicted octanol–water partition coefficient (Wildman–Crippen LogP) is 4.13. The first-order valence-electron chi connectivity index (χ1n) is 5.61. The first kappa shape index (κ1) is 12.6. The zero-order valence-corrected chi connectivity index (χ0v) is 11.1. The van der Waals surface area contributed by atoms with Crippen LogP contribution in [0.2, 0.25) is 5.02 Å². The van der Waals surface area contributed by atoms with Crippen LogP contribution in [0.5, 0.6) is 0 Å². The van der Waals surface area contributed by atoms with Gasteiger partial charge in [0.05, 0.1) is 5.69 Å². The fourth-order valence-corrected chi connectivity index (χ4v) is 1.83. The Bertz CT molecular complexity index is 594. The molecule has 0 saturated carbocycles. The third-order valence-electron chi connectivity index (χ3n) is 2.56. The minimum absolute atomic E-state index is 0.541. The second kappa shape index (κ2) is 5.19. The second-order valence-corrected chi connectivity index (χ2v) is 4.31. The summed E-state index contributed by atoms with van der Waals surface area (Å²) in [4.78, 5) is 8.53. The Hall–Kier alpha value is -1.87. The fraction of sp³-hybridized carbons (Fsp3) is 0.143. The zero-order chi connectivity index (χ0) is 13.1. The molecule has 0 fully saturated rings. The number of aromatic nitrogens is 2. The van der Waals surface area contributed by atoms with Gasteiger partial charge in [0.15, 0.2) is 5.82 Å². The lowest BCUT2D eigenvalue weighted by Crippen LogP contribution is -2.01. The van der Waals surface area contributed by atoms with Crippen LogP contribution in [0.15, 0.2) is 30.8 Å². The van der Waals surface area contributed by atoms with Crippen molar-refractivity contribution >= 4 is 29.2 Å². The molecule has 0 saturated heterocycles. The van der Waals surface area contributed by atoms with Crippen LogP contribution in [-0.4, -0.2) is 9.97 Å². The molecule has 0 aliphatic carbocycles. The first-order chi connectivity index (χ1) is 8.61. The maximum atomic E-state index is 6.20. The summed E-state index contributed by atoms with van der Waals surface area (Å²) >= 11 is 6.20. The van der Waals surface area contributed by atoms with Gasteiger partial charge in [0.1, 0.15) is 10.8 Å². The van der Waals surface area contributed by atoms with Crippen LogP contribution in [0, 0.1) is 13.8 Å². The van der Waals surface area contributed by atoms with Crippen LogP contribution in [0.4, 0.5) is 11.5 Å². The molecular formula is C14H14ClN3. The van der Waals surface area contributed by atoms with Gasteiger partial charge in [0, 0.05) is 5.69 Å². The molecule has 0 amide bonds. The van der Waals surface area contributed by atoms with Crippen LogP contribution in [0.25, 0.3) is 6.08 Å². The van der Waals surface area contributed by atoms with Gasteiger partial charge in [-0.05, 0) is 25.5 Å². The van der Waals surface area contributed by atoms with Gasteiger partial charge in [0.2, 0.25) is 0 Å². The van der Waals surface area contributed by atoms with E-state index in [9.17, 15) is 0 Å². The van der Waals surface area contributed by atoms with Gasteiger partial charge in [-0.15, -0.1) is 0 Å². The number of rotatable bonds is 3. The molecule has 2 aromatic rings. The summed E-state index contributed by atoms with van der Waals surface area (Å²) in [5.41, 5.74) is 2.69. The molecule has 2 rings (SSSR count). The minimum atomic E-state index is 0.541. The Morgan fingerprint density at radius 2 is 1.94 bits per heavy atom. The molecule has 0 radical (unpaired) electrons. The number of aryl methyl sites for hydroxylation is 2. The predicted molar refractivity (Wildman–Crippen MR) is 76.3 cm³/mol. The number of halogens is 1. The second-order valence-electron chi connectivity index (χ2n) is 3.94. The average molecular weight is 260 g/mol. The van der Waals surface area contributed by atoms with E-state index in [-0.39, 0.29) is 0 Å². The van der Waals surface area contributed by atoms with E-state index >= 15 is 0 Å².